The number of hydrogen-bond acceptors (Lipinski definition) is 6. The first-order chi connectivity index (χ1) is 16.7. The smallest absolute Gasteiger partial charge is 0.340 e. The van der Waals surface area contributed by atoms with E-state index in [0.717, 1.165) is 18.9 Å². The molecule has 0 aliphatic carbocycles. The Morgan fingerprint density at radius 1 is 1.11 bits per heavy atom. The van der Waals surface area contributed by atoms with Crippen LogP contribution in [0.1, 0.15) is 22.8 Å². The number of hydrogen-bond donors (Lipinski definition) is 1. The third-order valence-corrected chi connectivity index (χ3v) is 4.92. The maximum absolute atomic E-state index is 13.6. The fourth-order valence-electron chi connectivity index (χ4n) is 3.31. The largest absolute Gasteiger partial charge is 0.465 e. The van der Waals surface area contributed by atoms with Gasteiger partial charge in [0.25, 0.3) is 6.43 Å². The number of nitrogens with zero attached hydrogens (tertiary/aromatic N) is 3. The number of anilines is 2. The zero-order valence-electron chi connectivity index (χ0n) is 18.8. The molecule has 1 N–H and O–H groups in total. The van der Waals surface area contributed by atoms with E-state index >= 15 is 0 Å². The average molecular weight is 486 g/mol. The van der Waals surface area contributed by atoms with Crippen molar-refractivity contribution < 1.29 is 32.3 Å². The van der Waals surface area contributed by atoms with Crippen LogP contribution in [-0.4, -0.2) is 47.8 Å². The molecule has 0 fully saturated rings. The highest BCUT2D eigenvalue weighted by atomic mass is 19.3. The number of aromatic nitrogens is 2. The van der Waals surface area contributed by atoms with E-state index in [4.69, 9.17) is 4.74 Å². The number of carbonyl (C=O) groups excluding carboxylic acids is 3. The van der Waals surface area contributed by atoms with Crippen molar-refractivity contribution in [2.45, 2.75) is 19.8 Å². The Kier molecular flexibility index (Phi) is 8.13. The Hall–Kier alpha value is -4.28. The number of ether oxygens (including phenoxy) is 1. The number of halogens is 3. The molecule has 8 nitrogen and oxygen atoms in total. The molecule has 11 heteroatoms. The molecule has 0 spiro atoms. The molecule has 3 rings (SSSR count). The van der Waals surface area contributed by atoms with Crippen molar-refractivity contribution in [1.82, 2.24) is 9.97 Å². The van der Waals surface area contributed by atoms with Crippen LogP contribution in [0.5, 0.6) is 0 Å². The molecule has 0 bridgehead atoms. The van der Waals surface area contributed by atoms with Gasteiger partial charge in [0.2, 0.25) is 17.8 Å². The molecule has 1 aromatic carbocycles. The summed E-state index contributed by atoms with van der Waals surface area (Å²) in [4.78, 5) is 45.0. The number of nitrogens with one attached hydrogen (secondary N) is 1. The van der Waals surface area contributed by atoms with E-state index in [-0.39, 0.29) is 23.2 Å². The number of amides is 2. The van der Waals surface area contributed by atoms with Crippen LogP contribution in [0.3, 0.4) is 0 Å². The van der Waals surface area contributed by atoms with Crippen LogP contribution >= 0.6 is 0 Å². The van der Waals surface area contributed by atoms with Gasteiger partial charge in [0.1, 0.15) is 0 Å². The normalized spacial score (nSPS) is 10.7. The van der Waals surface area contributed by atoms with Crippen LogP contribution in [-0.2, 0) is 20.7 Å². The molecule has 0 atom stereocenters. The molecule has 0 saturated heterocycles. The maximum atomic E-state index is 13.6. The molecule has 0 saturated carbocycles. The molecule has 3 aromatic rings. The zero-order valence-corrected chi connectivity index (χ0v) is 18.8. The first-order valence-electron chi connectivity index (χ1n) is 10.3. The van der Waals surface area contributed by atoms with Gasteiger partial charge >= 0.3 is 5.97 Å². The third kappa shape index (κ3) is 6.40. The van der Waals surface area contributed by atoms with Crippen molar-refractivity contribution in [1.29, 1.82) is 0 Å². The Balaban J connectivity index is 1.83. The number of methoxy groups -OCH3 is 1. The summed E-state index contributed by atoms with van der Waals surface area (Å²) in [5.74, 6) is -2.66. The van der Waals surface area contributed by atoms with Gasteiger partial charge in [0.15, 0.2) is 0 Å². The van der Waals surface area contributed by atoms with Gasteiger partial charge < -0.3 is 15.0 Å². The van der Waals surface area contributed by atoms with E-state index in [0.29, 0.717) is 16.9 Å². The number of rotatable bonds is 8. The first kappa shape index (κ1) is 25.3. The van der Waals surface area contributed by atoms with E-state index in [1.165, 1.54) is 42.7 Å². The standard InChI is InChI=1S/C24H21F3N4O4/c1-14(32)31(13-21(25)26)20-8-5-15(10-18(20)24(34)35-2)19-7-6-17(12-29-19)30-22(33)11-16-4-3-9-28-23(16)27/h3-10,12,21H,11,13H2,1-2H3,(H,30,33). The van der Waals surface area contributed by atoms with Crippen LogP contribution in [0.15, 0.2) is 54.9 Å². The van der Waals surface area contributed by atoms with Gasteiger partial charge in [0.05, 0.1) is 48.9 Å². The maximum Gasteiger partial charge on any atom is 0.340 e. The van der Waals surface area contributed by atoms with Gasteiger partial charge in [-0.25, -0.2) is 18.6 Å². The Labute approximate surface area is 198 Å². The molecule has 0 radical (unpaired) electrons. The molecule has 2 amide bonds. The third-order valence-electron chi connectivity index (χ3n) is 4.92. The second kappa shape index (κ2) is 11.2. The molecular weight excluding hydrogens is 465 g/mol. The van der Waals surface area contributed by atoms with Crippen LogP contribution in [0.25, 0.3) is 11.3 Å². The van der Waals surface area contributed by atoms with E-state index < -0.39 is 36.7 Å². The molecule has 182 valence electrons. The van der Waals surface area contributed by atoms with Crippen molar-refractivity contribution in [3.05, 3.63) is 71.9 Å². The molecule has 0 aliphatic heterocycles. The first-order valence-corrected chi connectivity index (χ1v) is 10.3. The lowest BCUT2D eigenvalue weighted by Crippen LogP contribution is -2.34. The molecule has 35 heavy (non-hydrogen) atoms. The number of alkyl halides is 2. The number of esters is 1. The van der Waals surface area contributed by atoms with Gasteiger partial charge in [0, 0.05) is 24.2 Å². The zero-order chi connectivity index (χ0) is 25.5. The molecule has 2 heterocycles. The second-order valence-electron chi connectivity index (χ2n) is 7.35. The van der Waals surface area contributed by atoms with Crippen molar-refractivity contribution in [3.8, 4) is 11.3 Å². The monoisotopic (exact) mass is 486 g/mol. The number of carbonyl (C=O) groups is 3. The quantitative estimate of drug-likeness (QED) is 0.383. The summed E-state index contributed by atoms with van der Waals surface area (Å²) < 4.78 is 44.4. The van der Waals surface area contributed by atoms with E-state index in [1.54, 1.807) is 12.1 Å². The minimum absolute atomic E-state index is 0.0140. The minimum Gasteiger partial charge on any atom is -0.465 e. The van der Waals surface area contributed by atoms with Gasteiger partial charge in [-0.3, -0.25) is 14.6 Å². The highest BCUT2D eigenvalue weighted by Crippen LogP contribution is 2.29. The van der Waals surface area contributed by atoms with Crippen LogP contribution < -0.4 is 10.2 Å². The summed E-state index contributed by atoms with van der Waals surface area (Å²) >= 11 is 0. The lowest BCUT2D eigenvalue weighted by atomic mass is 10.0. The molecule has 0 unspecified atom stereocenters. The minimum atomic E-state index is -2.80. The fraction of sp³-hybridized carbons (Fsp3) is 0.208. The summed E-state index contributed by atoms with van der Waals surface area (Å²) in [6, 6.07) is 10.4. The van der Waals surface area contributed by atoms with Gasteiger partial charge in [-0.1, -0.05) is 12.1 Å². The number of benzene rings is 1. The summed E-state index contributed by atoms with van der Waals surface area (Å²) in [7, 11) is 1.14. The molecule has 2 aromatic heterocycles. The van der Waals surface area contributed by atoms with E-state index in [9.17, 15) is 27.6 Å². The Morgan fingerprint density at radius 2 is 1.89 bits per heavy atom. The lowest BCUT2D eigenvalue weighted by molar-refractivity contribution is -0.117. The van der Waals surface area contributed by atoms with Crippen LogP contribution in [0, 0.1) is 5.95 Å². The fourth-order valence-corrected chi connectivity index (χ4v) is 3.31. The van der Waals surface area contributed by atoms with E-state index in [1.807, 2.05) is 0 Å². The summed E-state index contributed by atoms with van der Waals surface area (Å²) in [5, 5.41) is 2.60. The number of pyridine rings is 2. The van der Waals surface area contributed by atoms with E-state index in [2.05, 4.69) is 15.3 Å². The second-order valence-corrected chi connectivity index (χ2v) is 7.35. The van der Waals surface area contributed by atoms with Crippen molar-refractivity contribution in [2.75, 3.05) is 23.9 Å². The summed E-state index contributed by atoms with van der Waals surface area (Å²) in [5.41, 5.74) is 1.26. The molecular formula is C24H21F3N4O4. The van der Waals surface area contributed by atoms with Gasteiger partial charge in [-0.2, -0.15) is 4.39 Å². The lowest BCUT2D eigenvalue weighted by Gasteiger charge is -2.23. The van der Waals surface area contributed by atoms with Crippen molar-refractivity contribution in [2.24, 2.45) is 0 Å². The van der Waals surface area contributed by atoms with Crippen LogP contribution in [0.4, 0.5) is 24.5 Å². The Bertz CT molecular complexity index is 1240. The van der Waals surface area contributed by atoms with Crippen LogP contribution in [0.2, 0.25) is 0 Å². The predicted molar refractivity (Wildman–Crippen MR) is 122 cm³/mol. The van der Waals surface area contributed by atoms with Gasteiger partial charge in [-0.05, 0) is 30.3 Å². The Morgan fingerprint density at radius 3 is 2.49 bits per heavy atom. The SMILES string of the molecule is COC(=O)c1cc(-c2ccc(NC(=O)Cc3cccnc3F)cn2)ccc1N(CC(F)F)C(C)=O. The summed E-state index contributed by atoms with van der Waals surface area (Å²) in [6.45, 7) is 0.239. The predicted octanol–water partition coefficient (Wildman–Crippen LogP) is 3.87. The average Bonchev–Trinajstić information content (AvgIpc) is 2.83. The van der Waals surface area contributed by atoms with Crippen molar-refractivity contribution >= 4 is 29.2 Å². The topological polar surface area (TPSA) is 101 Å². The molecule has 0 aliphatic rings. The summed E-state index contributed by atoms with van der Waals surface area (Å²) in [6.07, 6.45) is -0.356. The highest BCUT2D eigenvalue weighted by molar-refractivity contribution is 6.03. The van der Waals surface area contributed by atoms with Gasteiger partial charge in [-0.15, -0.1) is 0 Å². The van der Waals surface area contributed by atoms with Crippen molar-refractivity contribution in [3.63, 3.8) is 0 Å². The highest BCUT2D eigenvalue weighted by Gasteiger charge is 2.24.